The van der Waals surface area contributed by atoms with Gasteiger partial charge in [0, 0.05) is 25.5 Å². The molecule has 2 rings (SSSR count). The number of hydrogen-bond donors (Lipinski definition) is 1. The lowest BCUT2D eigenvalue weighted by atomic mass is 10.2. The van der Waals surface area contributed by atoms with E-state index in [4.69, 9.17) is 11.6 Å². The van der Waals surface area contributed by atoms with E-state index < -0.39 is 0 Å². The maximum Gasteiger partial charge on any atom is 0.133 e. The third-order valence-corrected chi connectivity index (χ3v) is 3.82. The summed E-state index contributed by atoms with van der Waals surface area (Å²) in [6.45, 7) is 6.01. The summed E-state index contributed by atoms with van der Waals surface area (Å²) in [7, 11) is 2.03. The van der Waals surface area contributed by atoms with Crippen molar-refractivity contribution in [2.45, 2.75) is 26.8 Å². The molecule has 0 unspecified atom stereocenters. The zero-order chi connectivity index (χ0) is 15.2. The summed E-state index contributed by atoms with van der Waals surface area (Å²) in [5, 5.41) is 4.09. The molecule has 0 atom stereocenters. The average molecular weight is 304 g/mol. The van der Waals surface area contributed by atoms with Crippen LogP contribution in [0.2, 0.25) is 5.02 Å². The number of halogens is 1. The summed E-state index contributed by atoms with van der Waals surface area (Å²) in [4.78, 5) is 6.54. The third kappa shape index (κ3) is 3.96. The number of para-hydroxylation sites is 1. The highest BCUT2D eigenvalue weighted by atomic mass is 35.5. The maximum atomic E-state index is 6.24. The monoisotopic (exact) mass is 303 g/mol. The first-order chi connectivity index (χ1) is 10.1. The third-order valence-electron chi connectivity index (χ3n) is 3.48. The number of anilines is 2. The first-order valence-corrected chi connectivity index (χ1v) is 7.65. The van der Waals surface area contributed by atoms with Crippen molar-refractivity contribution in [3.8, 4) is 0 Å². The molecule has 0 amide bonds. The molecule has 4 heteroatoms. The van der Waals surface area contributed by atoms with Gasteiger partial charge in [-0.15, -0.1) is 0 Å². The second-order valence-corrected chi connectivity index (χ2v) is 5.56. The first kappa shape index (κ1) is 15.8. The lowest BCUT2D eigenvalue weighted by Gasteiger charge is -2.21. The van der Waals surface area contributed by atoms with Crippen molar-refractivity contribution < 1.29 is 0 Å². The first-order valence-electron chi connectivity index (χ1n) is 7.28. The highest BCUT2D eigenvalue weighted by Crippen LogP contribution is 2.27. The number of pyridine rings is 1. The molecule has 0 bridgehead atoms. The molecule has 2 aromatic rings. The maximum absolute atomic E-state index is 6.24. The zero-order valence-corrected chi connectivity index (χ0v) is 13.6. The highest BCUT2D eigenvalue weighted by Gasteiger charge is 2.10. The van der Waals surface area contributed by atoms with Crippen LogP contribution in [0, 0.1) is 6.92 Å². The molecule has 3 nitrogen and oxygen atoms in total. The van der Waals surface area contributed by atoms with E-state index in [0.717, 1.165) is 36.6 Å². The van der Waals surface area contributed by atoms with E-state index in [1.807, 2.05) is 19.2 Å². The van der Waals surface area contributed by atoms with Gasteiger partial charge in [0.2, 0.25) is 0 Å². The van der Waals surface area contributed by atoms with Crippen molar-refractivity contribution in [3.05, 3.63) is 52.7 Å². The van der Waals surface area contributed by atoms with E-state index in [0.29, 0.717) is 5.02 Å². The SMILES string of the molecule is CCCNCc1cc(N(C)c2ccccc2C)ncc1Cl. The summed E-state index contributed by atoms with van der Waals surface area (Å²) in [6.07, 6.45) is 2.84. The topological polar surface area (TPSA) is 28.2 Å². The smallest absolute Gasteiger partial charge is 0.133 e. The number of hydrogen-bond acceptors (Lipinski definition) is 3. The van der Waals surface area contributed by atoms with E-state index in [9.17, 15) is 0 Å². The Bertz CT molecular complexity index is 598. The van der Waals surface area contributed by atoms with Crippen LogP contribution in [0.1, 0.15) is 24.5 Å². The summed E-state index contributed by atoms with van der Waals surface area (Å²) < 4.78 is 0. The van der Waals surface area contributed by atoms with Crippen LogP contribution < -0.4 is 10.2 Å². The fourth-order valence-electron chi connectivity index (χ4n) is 2.25. The lowest BCUT2D eigenvalue weighted by Crippen LogP contribution is -2.16. The summed E-state index contributed by atoms with van der Waals surface area (Å²) in [5.74, 6) is 0.905. The second-order valence-electron chi connectivity index (χ2n) is 5.16. The predicted octanol–water partition coefficient (Wildman–Crippen LogP) is 4.31. The Balaban J connectivity index is 2.23. The Morgan fingerprint density at radius 2 is 2.05 bits per heavy atom. The second kappa shape index (κ2) is 7.43. The number of benzene rings is 1. The standard InChI is InChI=1S/C17H22ClN3/c1-4-9-19-11-14-10-17(20-12-15(14)18)21(3)16-8-6-5-7-13(16)2/h5-8,10,12,19H,4,9,11H2,1-3H3. The van der Waals surface area contributed by atoms with Gasteiger partial charge in [0.1, 0.15) is 5.82 Å². The number of nitrogens with zero attached hydrogens (tertiary/aromatic N) is 2. The van der Waals surface area contributed by atoms with Gasteiger partial charge >= 0.3 is 0 Å². The Morgan fingerprint density at radius 1 is 1.29 bits per heavy atom. The number of aromatic nitrogens is 1. The van der Waals surface area contributed by atoms with Gasteiger partial charge < -0.3 is 10.2 Å². The summed E-state index contributed by atoms with van der Waals surface area (Å²) in [5.41, 5.74) is 3.46. The number of aryl methyl sites for hydroxylation is 1. The minimum Gasteiger partial charge on any atom is -0.329 e. The van der Waals surface area contributed by atoms with E-state index >= 15 is 0 Å². The van der Waals surface area contributed by atoms with Gasteiger partial charge in [-0.2, -0.15) is 0 Å². The minimum absolute atomic E-state index is 0.709. The van der Waals surface area contributed by atoms with E-state index in [1.54, 1.807) is 6.20 Å². The molecule has 0 radical (unpaired) electrons. The summed E-state index contributed by atoms with van der Waals surface area (Å²) >= 11 is 6.24. The molecular weight excluding hydrogens is 282 g/mol. The van der Waals surface area contributed by atoms with Crippen LogP contribution in [0.4, 0.5) is 11.5 Å². The Hall–Kier alpha value is -1.58. The van der Waals surface area contributed by atoms with E-state index in [-0.39, 0.29) is 0 Å². The van der Waals surface area contributed by atoms with Gasteiger partial charge in [-0.3, -0.25) is 0 Å². The van der Waals surface area contributed by atoms with Crippen LogP contribution in [0.25, 0.3) is 0 Å². The molecule has 1 aromatic carbocycles. The molecule has 0 saturated heterocycles. The van der Waals surface area contributed by atoms with Crippen molar-refractivity contribution >= 4 is 23.1 Å². The Labute approximate surface area is 132 Å². The molecular formula is C17H22ClN3. The lowest BCUT2D eigenvalue weighted by molar-refractivity contribution is 0.675. The molecule has 0 spiro atoms. The zero-order valence-electron chi connectivity index (χ0n) is 12.9. The van der Waals surface area contributed by atoms with Crippen molar-refractivity contribution in [2.75, 3.05) is 18.5 Å². The average Bonchev–Trinajstić information content (AvgIpc) is 2.49. The van der Waals surface area contributed by atoms with Crippen LogP contribution in [0.5, 0.6) is 0 Å². The normalized spacial score (nSPS) is 10.7. The fourth-order valence-corrected chi connectivity index (χ4v) is 2.42. The van der Waals surface area contributed by atoms with Gasteiger partial charge in [-0.25, -0.2) is 4.98 Å². The quantitative estimate of drug-likeness (QED) is 0.806. The molecule has 1 heterocycles. The van der Waals surface area contributed by atoms with Gasteiger partial charge in [0.05, 0.1) is 5.02 Å². The van der Waals surface area contributed by atoms with Gasteiger partial charge in [0.15, 0.2) is 0 Å². The van der Waals surface area contributed by atoms with Crippen LogP contribution in [-0.4, -0.2) is 18.6 Å². The van der Waals surface area contributed by atoms with Gasteiger partial charge in [-0.05, 0) is 43.1 Å². The summed E-state index contributed by atoms with van der Waals surface area (Å²) in [6, 6.07) is 10.3. The molecule has 1 aromatic heterocycles. The molecule has 0 saturated carbocycles. The minimum atomic E-state index is 0.709. The molecule has 112 valence electrons. The molecule has 1 N–H and O–H groups in total. The van der Waals surface area contributed by atoms with Crippen molar-refractivity contribution in [2.24, 2.45) is 0 Å². The Morgan fingerprint density at radius 3 is 2.76 bits per heavy atom. The largest absolute Gasteiger partial charge is 0.329 e. The molecule has 0 aliphatic heterocycles. The van der Waals surface area contributed by atoms with Crippen molar-refractivity contribution in [1.82, 2.24) is 10.3 Å². The van der Waals surface area contributed by atoms with E-state index in [1.165, 1.54) is 5.56 Å². The molecule has 21 heavy (non-hydrogen) atoms. The predicted molar refractivity (Wildman–Crippen MR) is 90.5 cm³/mol. The Kier molecular flexibility index (Phi) is 5.59. The van der Waals surface area contributed by atoms with Crippen molar-refractivity contribution in [1.29, 1.82) is 0 Å². The molecule has 0 aliphatic carbocycles. The van der Waals surface area contributed by atoms with Crippen LogP contribution >= 0.6 is 11.6 Å². The number of rotatable bonds is 6. The van der Waals surface area contributed by atoms with Crippen molar-refractivity contribution in [3.63, 3.8) is 0 Å². The molecule has 0 fully saturated rings. The van der Waals surface area contributed by atoms with Gasteiger partial charge in [0.25, 0.3) is 0 Å². The van der Waals surface area contributed by atoms with Gasteiger partial charge in [-0.1, -0.05) is 36.7 Å². The van der Waals surface area contributed by atoms with E-state index in [2.05, 4.69) is 47.2 Å². The molecule has 0 aliphatic rings. The van der Waals surface area contributed by atoms with Crippen LogP contribution in [0.3, 0.4) is 0 Å². The van der Waals surface area contributed by atoms with Crippen LogP contribution in [0.15, 0.2) is 36.5 Å². The highest BCUT2D eigenvalue weighted by molar-refractivity contribution is 6.31. The fraction of sp³-hybridized carbons (Fsp3) is 0.353. The van der Waals surface area contributed by atoms with Crippen LogP contribution in [-0.2, 0) is 6.54 Å². The number of nitrogens with one attached hydrogen (secondary N) is 1.